The normalized spacial score (nSPS) is 12.5. The SMILES string of the molecule is CCOC(=O)C(NC)c1ccc(CC(C)C)cc1. The molecule has 0 heterocycles. The molecular formula is C15H23NO2. The molecule has 0 radical (unpaired) electrons. The quantitative estimate of drug-likeness (QED) is 0.788. The van der Waals surface area contributed by atoms with Crippen LogP contribution in [-0.2, 0) is 16.0 Å². The maximum absolute atomic E-state index is 11.8. The molecule has 0 saturated heterocycles. The molecule has 0 saturated carbocycles. The van der Waals surface area contributed by atoms with Crippen LogP contribution in [0.2, 0.25) is 0 Å². The van der Waals surface area contributed by atoms with Crippen LogP contribution in [0.4, 0.5) is 0 Å². The van der Waals surface area contributed by atoms with E-state index in [-0.39, 0.29) is 12.0 Å². The third-order valence-electron chi connectivity index (χ3n) is 2.77. The number of carbonyl (C=O) groups is 1. The van der Waals surface area contributed by atoms with Gasteiger partial charge >= 0.3 is 5.97 Å². The average Bonchev–Trinajstić information content (AvgIpc) is 2.32. The zero-order chi connectivity index (χ0) is 13.5. The zero-order valence-corrected chi connectivity index (χ0v) is 11.7. The minimum Gasteiger partial charge on any atom is -0.465 e. The minimum absolute atomic E-state index is 0.225. The van der Waals surface area contributed by atoms with Gasteiger partial charge in [0.2, 0.25) is 0 Å². The molecule has 0 aliphatic rings. The molecule has 0 aromatic heterocycles. The van der Waals surface area contributed by atoms with Crippen molar-refractivity contribution in [2.24, 2.45) is 5.92 Å². The van der Waals surface area contributed by atoms with Gasteiger partial charge < -0.3 is 10.1 Å². The van der Waals surface area contributed by atoms with Gasteiger partial charge in [-0.1, -0.05) is 38.1 Å². The van der Waals surface area contributed by atoms with Crippen molar-refractivity contribution in [3.05, 3.63) is 35.4 Å². The van der Waals surface area contributed by atoms with Gasteiger partial charge in [-0.2, -0.15) is 0 Å². The first kappa shape index (κ1) is 14.7. The molecule has 0 fully saturated rings. The summed E-state index contributed by atoms with van der Waals surface area (Å²) in [6.45, 7) is 6.62. The van der Waals surface area contributed by atoms with Gasteiger partial charge in [-0.15, -0.1) is 0 Å². The Labute approximate surface area is 110 Å². The molecule has 0 aliphatic carbocycles. The van der Waals surface area contributed by atoms with E-state index in [1.54, 1.807) is 7.05 Å². The van der Waals surface area contributed by atoms with Crippen molar-refractivity contribution in [2.45, 2.75) is 33.2 Å². The molecule has 0 bridgehead atoms. The number of esters is 1. The molecule has 1 aromatic carbocycles. The fourth-order valence-electron chi connectivity index (χ4n) is 1.96. The zero-order valence-electron chi connectivity index (χ0n) is 11.7. The van der Waals surface area contributed by atoms with Gasteiger partial charge in [0.25, 0.3) is 0 Å². The lowest BCUT2D eigenvalue weighted by Crippen LogP contribution is -2.27. The average molecular weight is 249 g/mol. The Morgan fingerprint density at radius 3 is 2.33 bits per heavy atom. The van der Waals surface area contributed by atoms with E-state index in [9.17, 15) is 4.79 Å². The third kappa shape index (κ3) is 4.15. The summed E-state index contributed by atoms with van der Waals surface area (Å²) in [5.74, 6) is 0.414. The molecule has 1 atom stereocenters. The molecule has 100 valence electrons. The van der Waals surface area contributed by atoms with Gasteiger partial charge in [0, 0.05) is 0 Å². The minimum atomic E-state index is -0.377. The van der Waals surface area contributed by atoms with E-state index in [2.05, 4.69) is 31.3 Å². The number of ether oxygens (including phenoxy) is 1. The second kappa shape index (κ2) is 7.17. The molecule has 1 N–H and O–H groups in total. The molecule has 3 heteroatoms. The Kier molecular flexibility index (Phi) is 5.86. The Bertz CT molecular complexity index is 371. The van der Waals surface area contributed by atoms with Crippen LogP contribution in [0.5, 0.6) is 0 Å². The molecular weight excluding hydrogens is 226 g/mol. The molecule has 0 spiro atoms. The lowest BCUT2D eigenvalue weighted by Gasteiger charge is -2.15. The van der Waals surface area contributed by atoms with E-state index in [4.69, 9.17) is 4.74 Å². The van der Waals surface area contributed by atoms with E-state index in [1.165, 1.54) is 5.56 Å². The van der Waals surface area contributed by atoms with E-state index in [0.29, 0.717) is 12.5 Å². The third-order valence-corrected chi connectivity index (χ3v) is 2.77. The molecule has 1 rings (SSSR count). The summed E-state index contributed by atoms with van der Waals surface area (Å²) in [7, 11) is 1.77. The smallest absolute Gasteiger partial charge is 0.327 e. The van der Waals surface area contributed by atoms with Gasteiger partial charge in [0.15, 0.2) is 0 Å². The Morgan fingerprint density at radius 1 is 1.28 bits per heavy atom. The summed E-state index contributed by atoms with van der Waals surface area (Å²) in [5, 5.41) is 2.99. The summed E-state index contributed by atoms with van der Waals surface area (Å²) < 4.78 is 5.04. The van der Waals surface area contributed by atoms with Crippen LogP contribution in [0.15, 0.2) is 24.3 Å². The molecule has 0 amide bonds. The first-order chi connectivity index (χ1) is 8.58. The highest BCUT2D eigenvalue weighted by molar-refractivity contribution is 5.77. The molecule has 1 aromatic rings. The van der Waals surface area contributed by atoms with Crippen LogP contribution in [0.25, 0.3) is 0 Å². The number of nitrogens with one attached hydrogen (secondary N) is 1. The lowest BCUT2D eigenvalue weighted by atomic mass is 9.99. The molecule has 3 nitrogen and oxygen atoms in total. The summed E-state index contributed by atoms with van der Waals surface area (Å²) in [5.41, 5.74) is 2.25. The van der Waals surface area contributed by atoms with Crippen molar-refractivity contribution >= 4 is 5.97 Å². The first-order valence-corrected chi connectivity index (χ1v) is 6.51. The van der Waals surface area contributed by atoms with Gasteiger partial charge in [-0.05, 0) is 37.4 Å². The van der Waals surface area contributed by atoms with E-state index in [1.807, 2.05) is 19.1 Å². The first-order valence-electron chi connectivity index (χ1n) is 6.51. The second-order valence-electron chi connectivity index (χ2n) is 4.81. The van der Waals surface area contributed by atoms with E-state index in [0.717, 1.165) is 12.0 Å². The number of carbonyl (C=O) groups excluding carboxylic acids is 1. The van der Waals surface area contributed by atoms with E-state index < -0.39 is 0 Å². The summed E-state index contributed by atoms with van der Waals surface area (Å²) >= 11 is 0. The topological polar surface area (TPSA) is 38.3 Å². The highest BCUT2D eigenvalue weighted by Crippen LogP contribution is 2.17. The number of likely N-dealkylation sites (N-methyl/N-ethyl adjacent to an activating group) is 1. The second-order valence-corrected chi connectivity index (χ2v) is 4.81. The van der Waals surface area contributed by atoms with Crippen LogP contribution >= 0.6 is 0 Å². The van der Waals surface area contributed by atoms with Crippen LogP contribution < -0.4 is 5.32 Å². The summed E-state index contributed by atoms with van der Waals surface area (Å²) in [4.78, 5) is 11.8. The molecule has 1 unspecified atom stereocenters. The van der Waals surface area contributed by atoms with Crippen molar-refractivity contribution in [2.75, 3.05) is 13.7 Å². The number of hydrogen-bond acceptors (Lipinski definition) is 3. The maximum Gasteiger partial charge on any atom is 0.327 e. The monoisotopic (exact) mass is 249 g/mol. The Balaban J connectivity index is 2.78. The predicted octanol–water partition coefficient (Wildman–Crippen LogP) is 2.71. The summed E-state index contributed by atoms with van der Waals surface area (Å²) in [6.07, 6.45) is 1.06. The van der Waals surface area contributed by atoms with Crippen LogP contribution in [0.3, 0.4) is 0 Å². The van der Waals surface area contributed by atoms with Crippen LogP contribution in [0, 0.1) is 5.92 Å². The van der Waals surface area contributed by atoms with Gasteiger partial charge in [-0.25, -0.2) is 4.79 Å². The fraction of sp³-hybridized carbons (Fsp3) is 0.533. The van der Waals surface area contributed by atoms with Crippen LogP contribution in [0.1, 0.15) is 37.9 Å². The summed E-state index contributed by atoms with van der Waals surface area (Å²) in [6, 6.07) is 7.78. The van der Waals surface area contributed by atoms with Gasteiger partial charge in [-0.3, -0.25) is 0 Å². The number of benzene rings is 1. The van der Waals surface area contributed by atoms with Crippen LogP contribution in [-0.4, -0.2) is 19.6 Å². The number of rotatable bonds is 6. The van der Waals surface area contributed by atoms with Crippen molar-refractivity contribution in [1.29, 1.82) is 0 Å². The van der Waals surface area contributed by atoms with Crippen molar-refractivity contribution in [3.8, 4) is 0 Å². The maximum atomic E-state index is 11.8. The lowest BCUT2D eigenvalue weighted by molar-refractivity contribution is -0.145. The van der Waals surface area contributed by atoms with Crippen molar-refractivity contribution < 1.29 is 9.53 Å². The van der Waals surface area contributed by atoms with Crippen molar-refractivity contribution in [1.82, 2.24) is 5.32 Å². The number of hydrogen-bond donors (Lipinski definition) is 1. The highest BCUT2D eigenvalue weighted by atomic mass is 16.5. The molecule has 18 heavy (non-hydrogen) atoms. The fourth-order valence-corrected chi connectivity index (χ4v) is 1.96. The Hall–Kier alpha value is -1.35. The highest BCUT2D eigenvalue weighted by Gasteiger charge is 2.19. The van der Waals surface area contributed by atoms with Crippen molar-refractivity contribution in [3.63, 3.8) is 0 Å². The van der Waals surface area contributed by atoms with Gasteiger partial charge in [0.05, 0.1) is 6.61 Å². The largest absolute Gasteiger partial charge is 0.465 e. The van der Waals surface area contributed by atoms with Gasteiger partial charge in [0.1, 0.15) is 6.04 Å². The standard InChI is InChI=1S/C15H23NO2/c1-5-18-15(17)14(16-4)13-8-6-12(7-9-13)10-11(2)3/h6-9,11,14,16H,5,10H2,1-4H3. The van der Waals surface area contributed by atoms with E-state index >= 15 is 0 Å². The predicted molar refractivity (Wildman–Crippen MR) is 73.4 cm³/mol. The Morgan fingerprint density at radius 2 is 1.89 bits per heavy atom. The molecule has 0 aliphatic heterocycles.